The Morgan fingerprint density at radius 2 is 1.86 bits per heavy atom. The van der Waals surface area contributed by atoms with Gasteiger partial charge < -0.3 is 9.13 Å². The lowest BCUT2D eigenvalue weighted by atomic mass is 10.1. The second-order valence-corrected chi connectivity index (χ2v) is 6.27. The van der Waals surface area contributed by atoms with Crippen LogP contribution >= 0.6 is 0 Å². The molecule has 1 aromatic carbocycles. The summed E-state index contributed by atoms with van der Waals surface area (Å²) in [6.07, 6.45) is 1.78. The quantitative estimate of drug-likeness (QED) is 0.737. The van der Waals surface area contributed by atoms with Crippen molar-refractivity contribution in [2.45, 2.75) is 40.3 Å². The number of fused-ring (bicyclic) bond motifs is 3. The Morgan fingerprint density at radius 1 is 1.14 bits per heavy atom. The summed E-state index contributed by atoms with van der Waals surface area (Å²) in [5, 5.41) is 1.05. The zero-order valence-corrected chi connectivity index (χ0v) is 13.0. The zero-order chi connectivity index (χ0) is 15.1. The third-order valence-corrected chi connectivity index (χ3v) is 3.80. The molecule has 0 bridgehead atoms. The van der Waals surface area contributed by atoms with Crippen molar-refractivity contribution in [2.75, 3.05) is 0 Å². The lowest BCUT2D eigenvalue weighted by molar-refractivity contribution is 0.523. The molecule has 0 fully saturated rings. The molecule has 4 heteroatoms. The maximum absolute atomic E-state index is 13.0. The van der Waals surface area contributed by atoms with Gasteiger partial charge in [0.25, 0.3) is 5.56 Å². The Hall–Kier alpha value is -2.10. The fourth-order valence-corrected chi connectivity index (χ4v) is 2.85. The van der Waals surface area contributed by atoms with E-state index in [0.717, 1.165) is 23.0 Å². The van der Waals surface area contributed by atoms with E-state index >= 15 is 0 Å². The fourth-order valence-electron chi connectivity index (χ4n) is 2.85. The van der Waals surface area contributed by atoms with Crippen LogP contribution in [0.4, 0.5) is 0 Å². The molecule has 0 saturated carbocycles. The van der Waals surface area contributed by atoms with E-state index < -0.39 is 0 Å². The number of rotatable bonds is 3. The summed E-state index contributed by atoms with van der Waals surface area (Å²) in [6.45, 7) is 9.12. The highest BCUT2D eigenvalue weighted by Gasteiger charge is 2.17. The van der Waals surface area contributed by atoms with Crippen LogP contribution in [0.15, 0.2) is 35.4 Å². The molecule has 0 saturated heterocycles. The van der Waals surface area contributed by atoms with Gasteiger partial charge in [0.1, 0.15) is 11.0 Å². The van der Waals surface area contributed by atoms with E-state index in [9.17, 15) is 4.79 Å². The first-order valence-electron chi connectivity index (χ1n) is 7.48. The minimum absolute atomic E-state index is 0.0589. The van der Waals surface area contributed by atoms with Crippen LogP contribution in [-0.4, -0.2) is 14.1 Å². The molecule has 0 aliphatic carbocycles. The highest BCUT2D eigenvalue weighted by molar-refractivity contribution is 6.02. The molecule has 0 unspecified atom stereocenters. The van der Waals surface area contributed by atoms with Crippen molar-refractivity contribution in [3.63, 3.8) is 0 Å². The van der Waals surface area contributed by atoms with Crippen molar-refractivity contribution in [3.8, 4) is 0 Å². The topological polar surface area (TPSA) is 39.8 Å². The number of pyridine rings is 1. The minimum atomic E-state index is 0.0589. The predicted octanol–water partition coefficient (Wildman–Crippen LogP) is 3.59. The lowest BCUT2D eigenvalue weighted by Gasteiger charge is -2.15. The Kier molecular flexibility index (Phi) is 3.32. The number of hydrogen-bond acceptors (Lipinski definition) is 2. The second-order valence-electron chi connectivity index (χ2n) is 6.27. The molecule has 0 aliphatic heterocycles. The Balaban J connectivity index is 2.49. The summed E-state index contributed by atoms with van der Waals surface area (Å²) >= 11 is 0. The van der Waals surface area contributed by atoms with Crippen molar-refractivity contribution < 1.29 is 0 Å². The van der Waals surface area contributed by atoms with Crippen molar-refractivity contribution in [2.24, 2.45) is 5.92 Å². The highest BCUT2D eigenvalue weighted by Crippen LogP contribution is 2.23. The van der Waals surface area contributed by atoms with E-state index in [1.54, 1.807) is 6.33 Å². The third kappa shape index (κ3) is 2.15. The van der Waals surface area contributed by atoms with Crippen LogP contribution in [-0.2, 0) is 6.54 Å². The molecule has 4 nitrogen and oxygen atoms in total. The monoisotopic (exact) mass is 283 g/mol. The molecule has 0 spiro atoms. The molecule has 2 heterocycles. The van der Waals surface area contributed by atoms with Gasteiger partial charge in [-0.3, -0.25) is 4.79 Å². The van der Waals surface area contributed by atoms with E-state index in [2.05, 4.69) is 32.7 Å². The number of aromatic nitrogens is 3. The highest BCUT2D eigenvalue weighted by atomic mass is 16.1. The first-order valence-corrected chi connectivity index (χ1v) is 7.48. The number of nitrogens with zero attached hydrogens (tertiary/aromatic N) is 3. The average Bonchev–Trinajstić information content (AvgIpc) is 2.88. The zero-order valence-electron chi connectivity index (χ0n) is 13.0. The molecular formula is C17H21N3O. The summed E-state index contributed by atoms with van der Waals surface area (Å²) in [6, 6.07) is 8.25. The average molecular weight is 283 g/mol. The van der Waals surface area contributed by atoms with E-state index in [-0.39, 0.29) is 11.6 Å². The van der Waals surface area contributed by atoms with Crippen LogP contribution in [0, 0.1) is 5.92 Å². The van der Waals surface area contributed by atoms with Crippen LogP contribution in [0.1, 0.15) is 33.7 Å². The molecule has 110 valence electrons. The molecule has 0 atom stereocenters. The number of benzene rings is 1. The largest absolute Gasteiger partial charge is 0.323 e. The smallest absolute Gasteiger partial charge is 0.277 e. The standard InChI is InChI=1S/C17H21N3O/c1-11(2)9-19-14-8-6-5-7-13(14)15-16(17(19)21)20(10-18-15)12(3)4/h5-8,10-12H,9H2,1-4H3. The van der Waals surface area contributed by atoms with Gasteiger partial charge in [0.2, 0.25) is 0 Å². The van der Waals surface area contributed by atoms with Crippen molar-refractivity contribution in [1.82, 2.24) is 14.1 Å². The summed E-state index contributed by atoms with van der Waals surface area (Å²) in [5.74, 6) is 0.416. The van der Waals surface area contributed by atoms with Crippen LogP contribution < -0.4 is 5.56 Å². The van der Waals surface area contributed by atoms with Gasteiger partial charge in [-0.1, -0.05) is 32.0 Å². The maximum Gasteiger partial charge on any atom is 0.277 e. The second kappa shape index (κ2) is 5.02. The molecule has 2 aromatic heterocycles. The summed E-state index contributed by atoms with van der Waals surface area (Å²) < 4.78 is 3.86. The Labute approximate surface area is 124 Å². The van der Waals surface area contributed by atoms with Gasteiger partial charge in [0, 0.05) is 18.0 Å². The number of imidazole rings is 1. The summed E-state index contributed by atoms with van der Waals surface area (Å²) in [4.78, 5) is 17.5. The maximum atomic E-state index is 13.0. The Morgan fingerprint density at radius 3 is 2.52 bits per heavy atom. The molecule has 0 radical (unpaired) electrons. The van der Waals surface area contributed by atoms with Gasteiger partial charge in [-0.05, 0) is 25.8 Å². The molecule has 21 heavy (non-hydrogen) atoms. The molecule has 3 rings (SSSR count). The summed E-state index contributed by atoms with van der Waals surface area (Å²) in [7, 11) is 0. The van der Waals surface area contributed by atoms with Gasteiger partial charge in [-0.25, -0.2) is 4.98 Å². The van der Waals surface area contributed by atoms with Crippen molar-refractivity contribution >= 4 is 21.9 Å². The van der Waals surface area contributed by atoms with E-state index in [0.29, 0.717) is 11.4 Å². The minimum Gasteiger partial charge on any atom is -0.323 e. The van der Waals surface area contributed by atoms with Crippen LogP contribution in [0.25, 0.3) is 21.9 Å². The molecule has 0 amide bonds. The van der Waals surface area contributed by atoms with Gasteiger partial charge >= 0.3 is 0 Å². The van der Waals surface area contributed by atoms with Crippen LogP contribution in [0.5, 0.6) is 0 Å². The first kappa shape index (κ1) is 13.9. The number of para-hydroxylation sites is 1. The number of hydrogen-bond donors (Lipinski definition) is 0. The molecule has 0 aliphatic rings. The van der Waals surface area contributed by atoms with Crippen molar-refractivity contribution in [1.29, 1.82) is 0 Å². The SMILES string of the molecule is CC(C)Cn1c(=O)c2c(ncn2C(C)C)c2ccccc21. The van der Waals surface area contributed by atoms with Gasteiger partial charge in [-0.2, -0.15) is 0 Å². The van der Waals surface area contributed by atoms with E-state index in [4.69, 9.17) is 0 Å². The first-order chi connectivity index (χ1) is 10.0. The fraction of sp³-hybridized carbons (Fsp3) is 0.412. The van der Waals surface area contributed by atoms with E-state index in [1.807, 2.05) is 33.4 Å². The van der Waals surface area contributed by atoms with Crippen LogP contribution in [0.3, 0.4) is 0 Å². The Bertz CT molecular complexity index is 855. The van der Waals surface area contributed by atoms with Crippen LogP contribution in [0.2, 0.25) is 0 Å². The molecule has 0 N–H and O–H groups in total. The van der Waals surface area contributed by atoms with Gasteiger partial charge in [0.05, 0.1) is 11.8 Å². The van der Waals surface area contributed by atoms with E-state index in [1.165, 1.54) is 0 Å². The summed E-state index contributed by atoms with van der Waals surface area (Å²) in [5.41, 5.74) is 2.55. The van der Waals surface area contributed by atoms with Gasteiger partial charge in [-0.15, -0.1) is 0 Å². The normalized spacial score (nSPS) is 12.1. The van der Waals surface area contributed by atoms with Crippen molar-refractivity contribution in [3.05, 3.63) is 40.9 Å². The molecular weight excluding hydrogens is 262 g/mol. The lowest BCUT2D eigenvalue weighted by Crippen LogP contribution is -2.25. The van der Waals surface area contributed by atoms with Gasteiger partial charge in [0.15, 0.2) is 0 Å². The predicted molar refractivity (Wildman–Crippen MR) is 86.7 cm³/mol. The third-order valence-electron chi connectivity index (χ3n) is 3.80. The molecule has 3 aromatic rings.